The summed E-state index contributed by atoms with van der Waals surface area (Å²) in [5.41, 5.74) is -0.147. The van der Waals surface area contributed by atoms with Gasteiger partial charge in [0.15, 0.2) is 0 Å². The van der Waals surface area contributed by atoms with Crippen LogP contribution in [0.15, 0.2) is 0 Å². The second-order valence-corrected chi connectivity index (χ2v) is 7.94. The van der Waals surface area contributed by atoms with Crippen LogP contribution in [0.5, 0.6) is 0 Å². The molecule has 0 aromatic heterocycles. The summed E-state index contributed by atoms with van der Waals surface area (Å²) >= 11 is 0. The molecule has 0 atom stereocenters. The maximum atomic E-state index is 6.03. The molecule has 15 heavy (non-hydrogen) atoms. The van der Waals surface area contributed by atoms with E-state index in [1.54, 1.807) is 0 Å². The zero-order valence-corrected chi connectivity index (χ0v) is 12.7. The summed E-state index contributed by atoms with van der Waals surface area (Å²) < 4.78 is 12.1. The molecule has 0 spiro atoms. The predicted molar refractivity (Wildman–Crippen MR) is 68.5 cm³/mol. The summed E-state index contributed by atoms with van der Waals surface area (Å²) in [5, 5.41) is 0. The zero-order chi connectivity index (χ0) is 12.1. The van der Waals surface area contributed by atoms with Crippen LogP contribution >= 0.6 is 0 Å². The van der Waals surface area contributed by atoms with E-state index in [1.165, 1.54) is 12.8 Å². The number of hydrogen-bond donors (Lipinski definition) is 0. The van der Waals surface area contributed by atoms with Crippen molar-refractivity contribution in [2.75, 3.05) is 0 Å². The van der Waals surface area contributed by atoms with E-state index in [9.17, 15) is 0 Å². The third-order valence-electron chi connectivity index (χ3n) is 1.76. The van der Waals surface area contributed by atoms with Crippen LogP contribution in [0.25, 0.3) is 0 Å². The monoisotopic (exact) mass is 232 g/mol. The van der Waals surface area contributed by atoms with Gasteiger partial charge in [-0.15, -0.1) is 0 Å². The Morgan fingerprint density at radius 2 is 1.27 bits per heavy atom. The SMILES string of the molecule is CCCC[SiH](OC(C)(C)C)OC(C)(C)C. The smallest absolute Gasteiger partial charge is 0.322 e. The molecule has 0 aromatic carbocycles. The molecular weight excluding hydrogens is 204 g/mol. The van der Waals surface area contributed by atoms with Crippen LogP contribution in [-0.4, -0.2) is 20.5 Å². The van der Waals surface area contributed by atoms with Crippen molar-refractivity contribution in [3.63, 3.8) is 0 Å². The van der Waals surface area contributed by atoms with Crippen LogP contribution in [0.1, 0.15) is 61.3 Å². The van der Waals surface area contributed by atoms with Crippen molar-refractivity contribution < 1.29 is 8.85 Å². The van der Waals surface area contributed by atoms with E-state index in [2.05, 4.69) is 48.5 Å². The summed E-state index contributed by atoms with van der Waals surface area (Å²) in [4.78, 5) is 0. The lowest BCUT2D eigenvalue weighted by atomic mass is 10.2. The standard InChI is InChI=1S/C12H28O2Si/c1-8-9-10-15(13-11(2,3)4)14-12(5,6)7/h15H,8-10H2,1-7H3. The Morgan fingerprint density at radius 1 is 0.867 bits per heavy atom. The second kappa shape index (κ2) is 6.02. The lowest BCUT2D eigenvalue weighted by Crippen LogP contribution is -2.38. The van der Waals surface area contributed by atoms with E-state index in [0.717, 1.165) is 6.04 Å². The molecule has 0 heterocycles. The summed E-state index contributed by atoms with van der Waals surface area (Å²) in [5.74, 6) is 0. The van der Waals surface area contributed by atoms with Gasteiger partial charge in [0.2, 0.25) is 0 Å². The van der Waals surface area contributed by atoms with Crippen molar-refractivity contribution in [2.45, 2.75) is 78.6 Å². The Labute approximate surface area is 97.2 Å². The van der Waals surface area contributed by atoms with Crippen molar-refractivity contribution in [3.05, 3.63) is 0 Å². The maximum Gasteiger partial charge on any atom is 0.322 e. The van der Waals surface area contributed by atoms with E-state index in [-0.39, 0.29) is 11.2 Å². The van der Waals surface area contributed by atoms with Crippen molar-refractivity contribution in [1.29, 1.82) is 0 Å². The van der Waals surface area contributed by atoms with Gasteiger partial charge in [-0.3, -0.25) is 0 Å². The molecule has 0 rings (SSSR count). The predicted octanol–water partition coefficient (Wildman–Crippen LogP) is 3.64. The average molecular weight is 232 g/mol. The van der Waals surface area contributed by atoms with Crippen LogP contribution in [0, 0.1) is 0 Å². The quantitative estimate of drug-likeness (QED) is 0.674. The van der Waals surface area contributed by atoms with Crippen LogP contribution in [0.3, 0.4) is 0 Å². The number of hydrogen-bond acceptors (Lipinski definition) is 2. The zero-order valence-electron chi connectivity index (χ0n) is 11.5. The minimum absolute atomic E-state index is 0.0735. The second-order valence-electron chi connectivity index (χ2n) is 6.03. The van der Waals surface area contributed by atoms with E-state index >= 15 is 0 Å². The van der Waals surface area contributed by atoms with Gasteiger partial charge in [0.1, 0.15) is 0 Å². The third kappa shape index (κ3) is 10.4. The largest absolute Gasteiger partial charge is 0.392 e. The van der Waals surface area contributed by atoms with E-state index in [1.807, 2.05) is 0 Å². The van der Waals surface area contributed by atoms with Crippen molar-refractivity contribution in [3.8, 4) is 0 Å². The summed E-state index contributed by atoms with van der Waals surface area (Å²) in [6.07, 6.45) is 2.42. The summed E-state index contributed by atoms with van der Waals surface area (Å²) in [6.45, 7) is 14.8. The fourth-order valence-electron chi connectivity index (χ4n) is 1.30. The number of rotatable bonds is 5. The Morgan fingerprint density at radius 3 is 1.53 bits per heavy atom. The Hall–Kier alpha value is 0.137. The van der Waals surface area contributed by atoms with E-state index in [4.69, 9.17) is 8.85 Å². The Balaban J connectivity index is 4.19. The molecule has 0 saturated heterocycles. The molecule has 0 saturated carbocycles. The van der Waals surface area contributed by atoms with Crippen molar-refractivity contribution >= 4 is 9.28 Å². The highest BCUT2D eigenvalue weighted by atomic mass is 28.3. The normalized spacial score (nSPS) is 13.6. The third-order valence-corrected chi connectivity index (χ3v) is 4.58. The van der Waals surface area contributed by atoms with Gasteiger partial charge in [-0.05, 0) is 47.6 Å². The Bertz CT molecular complexity index is 151. The molecule has 0 bridgehead atoms. The molecule has 92 valence electrons. The molecule has 0 aliphatic rings. The van der Waals surface area contributed by atoms with Gasteiger partial charge in [0.05, 0.1) is 0 Å². The first-order valence-electron chi connectivity index (χ1n) is 6.00. The molecule has 0 radical (unpaired) electrons. The maximum absolute atomic E-state index is 6.03. The first-order valence-corrected chi connectivity index (χ1v) is 7.75. The fourth-order valence-corrected chi connectivity index (χ4v) is 3.90. The van der Waals surface area contributed by atoms with Crippen molar-refractivity contribution in [1.82, 2.24) is 0 Å². The first kappa shape index (κ1) is 15.1. The lowest BCUT2D eigenvalue weighted by molar-refractivity contribution is 0.0336. The molecule has 0 aliphatic carbocycles. The van der Waals surface area contributed by atoms with Gasteiger partial charge in [-0.2, -0.15) is 0 Å². The van der Waals surface area contributed by atoms with Crippen LogP contribution < -0.4 is 0 Å². The van der Waals surface area contributed by atoms with E-state index in [0.29, 0.717) is 0 Å². The molecule has 0 amide bonds. The molecule has 0 fully saturated rings. The highest BCUT2D eigenvalue weighted by Crippen LogP contribution is 2.19. The van der Waals surface area contributed by atoms with Gasteiger partial charge < -0.3 is 8.85 Å². The first-order chi connectivity index (χ1) is 6.64. The average Bonchev–Trinajstić information content (AvgIpc) is 1.94. The van der Waals surface area contributed by atoms with Gasteiger partial charge >= 0.3 is 9.28 Å². The highest BCUT2D eigenvalue weighted by molar-refractivity contribution is 6.44. The highest BCUT2D eigenvalue weighted by Gasteiger charge is 2.25. The molecule has 0 N–H and O–H groups in total. The number of unbranched alkanes of at least 4 members (excludes halogenated alkanes) is 1. The van der Waals surface area contributed by atoms with E-state index < -0.39 is 9.28 Å². The molecule has 0 aliphatic heterocycles. The van der Waals surface area contributed by atoms with Gasteiger partial charge in [-0.1, -0.05) is 19.8 Å². The molecule has 2 nitrogen and oxygen atoms in total. The fraction of sp³-hybridized carbons (Fsp3) is 1.00. The van der Waals surface area contributed by atoms with Gasteiger partial charge in [0.25, 0.3) is 0 Å². The topological polar surface area (TPSA) is 18.5 Å². The molecule has 0 aromatic rings. The molecule has 3 heteroatoms. The van der Waals surface area contributed by atoms with Gasteiger partial charge in [0, 0.05) is 11.2 Å². The van der Waals surface area contributed by atoms with Crippen LogP contribution in [0.2, 0.25) is 6.04 Å². The minimum atomic E-state index is -1.50. The minimum Gasteiger partial charge on any atom is -0.392 e. The molecular formula is C12H28O2Si. The van der Waals surface area contributed by atoms with Crippen LogP contribution in [-0.2, 0) is 8.85 Å². The summed E-state index contributed by atoms with van der Waals surface area (Å²) in [6, 6.07) is 1.12. The van der Waals surface area contributed by atoms with Crippen LogP contribution in [0.4, 0.5) is 0 Å². The lowest BCUT2D eigenvalue weighted by Gasteiger charge is -2.31. The van der Waals surface area contributed by atoms with Crippen molar-refractivity contribution in [2.24, 2.45) is 0 Å². The summed E-state index contributed by atoms with van der Waals surface area (Å²) in [7, 11) is -1.50. The van der Waals surface area contributed by atoms with Gasteiger partial charge in [-0.25, -0.2) is 0 Å². The molecule has 0 unspecified atom stereocenters. The Kier molecular flexibility index (Phi) is 6.07.